The second-order valence-electron chi connectivity index (χ2n) is 3.62. The molecule has 0 aromatic rings. The summed E-state index contributed by atoms with van der Waals surface area (Å²) in [5, 5.41) is 0. The maximum atomic E-state index is 11.3. The van der Waals surface area contributed by atoms with Gasteiger partial charge in [0.1, 0.15) is 6.29 Å². The van der Waals surface area contributed by atoms with E-state index in [0.29, 0.717) is 6.42 Å². The Hall–Kier alpha value is -0.860. The van der Waals surface area contributed by atoms with E-state index >= 15 is 0 Å². The Kier molecular flexibility index (Phi) is 7.07. The zero-order valence-electron chi connectivity index (χ0n) is 9.29. The van der Waals surface area contributed by atoms with Crippen molar-refractivity contribution in [2.24, 2.45) is 11.8 Å². The van der Waals surface area contributed by atoms with Crippen molar-refractivity contribution in [2.45, 2.75) is 39.5 Å². The Morgan fingerprint density at radius 3 is 2.57 bits per heavy atom. The molecule has 0 aromatic carbocycles. The minimum Gasteiger partial charge on any atom is -0.469 e. The van der Waals surface area contributed by atoms with Gasteiger partial charge >= 0.3 is 5.97 Å². The van der Waals surface area contributed by atoms with E-state index in [4.69, 9.17) is 0 Å². The SMILES string of the molecule is CCCC[C@@H](CC=O)[C@H](C)C(=O)OC. The highest BCUT2D eigenvalue weighted by atomic mass is 16.5. The van der Waals surface area contributed by atoms with Crippen LogP contribution < -0.4 is 0 Å². The number of hydrogen-bond acceptors (Lipinski definition) is 3. The van der Waals surface area contributed by atoms with E-state index in [-0.39, 0.29) is 17.8 Å². The van der Waals surface area contributed by atoms with Crippen molar-refractivity contribution < 1.29 is 14.3 Å². The summed E-state index contributed by atoms with van der Waals surface area (Å²) in [4.78, 5) is 21.7. The highest BCUT2D eigenvalue weighted by Gasteiger charge is 2.23. The third kappa shape index (κ3) is 4.40. The van der Waals surface area contributed by atoms with Crippen molar-refractivity contribution in [3.8, 4) is 0 Å². The lowest BCUT2D eigenvalue weighted by molar-refractivity contribution is -0.146. The zero-order chi connectivity index (χ0) is 11.0. The van der Waals surface area contributed by atoms with Gasteiger partial charge in [-0.05, 0) is 12.3 Å². The molecule has 0 aliphatic carbocycles. The zero-order valence-corrected chi connectivity index (χ0v) is 9.29. The molecule has 3 heteroatoms. The van der Waals surface area contributed by atoms with Gasteiger partial charge in [0.15, 0.2) is 0 Å². The number of unbranched alkanes of at least 4 members (excludes halogenated alkanes) is 1. The van der Waals surface area contributed by atoms with Crippen LogP contribution in [0.15, 0.2) is 0 Å². The lowest BCUT2D eigenvalue weighted by Gasteiger charge is -2.19. The molecule has 0 spiro atoms. The Morgan fingerprint density at radius 1 is 1.50 bits per heavy atom. The molecule has 3 nitrogen and oxygen atoms in total. The maximum absolute atomic E-state index is 11.3. The topological polar surface area (TPSA) is 43.4 Å². The van der Waals surface area contributed by atoms with Crippen LogP contribution >= 0.6 is 0 Å². The van der Waals surface area contributed by atoms with Gasteiger partial charge in [-0.25, -0.2) is 0 Å². The molecule has 0 bridgehead atoms. The second kappa shape index (κ2) is 7.54. The van der Waals surface area contributed by atoms with E-state index in [0.717, 1.165) is 25.5 Å². The number of rotatable bonds is 7. The van der Waals surface area contributed by atoms with Crippen molar-refractivity contribution in [1.29, 1.82) is 0 Å². The summed E-state index contributed by atoms with van der Waals surface area (Å²) in [7, 11) is 1.39. The predicted octanol–water partition coefficient (Wildman–Crippen LogP) is 2.19. The van der Waals surface area contributed by atoms with Crippen LogP contribution in [-0.4, -0.2) is 19.4 Å². The summed E-state index contributed by atoms with van der Waals surface area (Å²) >= 11 is 0. The Balaban J connectivity index is 4.15. The van der Waals surface area contributed by atoms with Crippen LogP contribution in [0.4, 0.5) is 0 Å². The third-order valence-corrected chi connectivity index (χ3v) is 2.61. The molecule has 0 radical (unpaired) electrons. The first-order chi connectivity index (χ1) is 6.67. The summed E-state index contributed by atoms with van der Waals surface area (Å²) < 4.78 is 4.66. The molecule has 0 fully saturated rings. The van der Waals surface area contributed by atoms with Gasteiger partial charge in [0.2, 0.25) is 0 Å². The van der Waals surface area contributed by atoms with Gasteiger partial charge in [-0.1, -0.05) is 26.7 Å². The quantitative estimate of drug-likeness (QED) is 0.467. The van der Waals surface area contributed by atoms with Crippen molar-refractivity contribution in [3.05, 3.63) is 0 Å². The summed E-state index contributed by atoms with van der Waals surface area (Å²) in [6.45, 7) is 3.93. The number of carbonyl (C=O) groups is 2. The predicted molar refractivity (Wildman–Crippen MR) is 54.9 cm³/mol. The van der Waals surface area contributed by atoms with E-state index in [1.165, 1.54) is 7.11 Å². The molecule has 82 valence electrons. The number of carbonyl (C=O) groups excluding carboxylic acids is 2. The molecular weight excluding hydrogens is 180 g/mol. The molecular formula is C11H20O3. The monoisotopic (exact) mass is 200 g/mol. The number of hydrogen-bond donors (Lipinski definition) is 0. The first-order valence-corrected chi connectivity index (χ1v) is 5.18. The molecule has 0 aromatic heterocycles. The molecule has 2 atom stereocenters. The maximum Gasteiger partial charge on any atom is 0.308 e. The van der Waals surface area contributed by atoms with Gasteiger partial charge in [0.05, 0.1) is 13.0 Å². The number of ether oxygens (including phenoxy) is 1. The third-order valence-electron chi connectivity index (χ3n) is 2.61. The Bertz CT molecular complexity index is 177. The van der Waals surface area contributed by atoms with E-state index in [2.05, 4.69) is 11.7 Å². The minimum absolute atomic E-state index is 0.139. The molecule has 0 unspecified atom stereocenters. The molecule has 0 aliphatic rings. The van der Waals surface area contributed by atoms with Gasteiger partial charge in [-0.2, -0.15) is 0 Å². The van der Waals surface area contributed by atoms with Gasteiger partial charge in [0.25, 0.3) is 0 Å². The van der Waals surface area contributed by atoms with Crippen LogP contribution in [0.5, 0.6) is 0 Å². The van der Waals surface area contributed by atoms with Crippen LogP contribution in [0.1, 0.15) is 39.5 Å². The lowest BCUT2D eigenvalue weighted by Crippen LogP contribution is -2.22. The van der Waals surface area contributed by atoms with Crippen LogP contribution in [0.2, 0.25) is 0 Å². The fourth-order valence-electron chi connectivity index (χ4n) is 1.54. The summed E-state index contributed by atoms with van der Waals surface area (Å²) in [6.07, 6.45) is 4.41. The lowest BCUT2D eigenvalue weighted by atomic mass is 9.87. The van der Waals surface area contributed by atoms with Crippen LogP contribution in [-0.2, 0) is 14.3 Å². The number of aldehydes is 1. The minimum atomic E-state index is -0.215. The largest absolute Gasteiger partial charge is 0.469 e. The smallest absolute Gasteiger partial charge is 0.308 e. The molecule has 0 saturated heterocycles. The van der Waals surface area contributed by atoms with Crippen molar-refractivity contribution in [2.75, 3.05) is 7.11 Å². The number of esters is 1. The van der Waals surface area contributed by atoms with E-state index in [1.54, 1.807) is 0 Å². The van der Waals surface area contributed by atoms with Gasteiger partial charge in [0, 0.05) is 6.42 Å². The highest BCUT2D eigenvalue weighted by molar-refractivity contribution is 5.72. The average Bonchev–Trinajstić information content (AvgIpc) is 2.22. The second-order valence-corrected chi connectivity index (χ2v) is 3.62. The fraction of sp³-hybridized carbons (Fsp3) is 0.818. The molecule has 0 rings (SSSR count). The summed E-state index contributed by atoms with van der Waals surface area (Å²) in [5.41, 5.74) is 0. The summed E-state index contributed by atoms with van der Waals surface area (Å²) in [6, 6.07) is 0. The van der Waals surface area contributed by atoms with E-state index in [9.17, 15) is 9.59 Å². The van der Waals surface area contributed by atoms with Crippen LogP contribution in [0.3, 0.4) is 0 Å². The fourth-order valence-corrected chi connectivity index (χ4v) is 1.54. The van der Waals surface area contributed by atoms with Gasteiger partial charge in [-0.3, -0.25) is 4.79 Å². The molecule has 0 heterocycles. The first kappa shape index (κ1) is 13.1. The van der Waals surface area contributed by atoms with Gasteiger partial charge < -0.3 is 9.53 Å². The van der Waals surface area contributed by atoms with E-state index < -0.39 is 0 Å². The van der Waals surface area contributed by atoms with Crippen LogP contribution in [0.25, 0.3) is 0 Å². The van der Waals surface area contributed by atoms with E-state index in [1.807, 2.05) is 6.92 Å². The number of methoxy groups -OCH3 is 1. The molecule has 14 heavy (non-hydrogen) atoms. The average molecular weight is 200 g/mol. The van der Waals surface area contributed by atoms with Crippen molar-refractivity contribution in [1.82, 2.24) is 0 Å². The standard InChI is InChI=1S/C11H20O3/c1-4-5-6-10(7-8-12)9(2)11(13)14-3/h8-10H,4-7H2,1-3H3/t9-,10-/m0/s1. The van der Waals surface area contributed by atoms with Crippen LogP contribution in [0, 0.1) is 11.8 Å². The molecule has 0 aliphatic heterocycles. The Morgan fingerprint density at radius 2 is 2.14 bits per heavy atom. The molecule has 0 N–H and O–H groups in total. The highest BCUT2D eigenvalue weighted by Crippen LogP contribution is 2.22. The Labute approximate surface area is 85.8 Å². The first-order valence-electron chi connectivity index (χ1n) is 5.18. The van der Waals surface area contributed by atoms with Crippen molar-refractivity contribution >= 4 is 12.3 Å². The normalized spacial score (nSPS) is 14.5. The molecule has 0 amide bonds. The van der Waals surface area contributed by atoms with Crippen molar-refractivity contribution in [3.63, 3.8) is 0 Å². The van der Waals surface area contributed by atoms with Gasteiger partial charge in [-0.15, -0.1) is 0 Å². The summed E-state index contributed by atoms with van der Waals surface area (Å²) in [5.74, 6) is -0.246. The molecule has 0 saturated carbocycles.